The number of aromatic hydroxyl groups is 1. The number of ether oxygens (including phenoxy) is 1. The Bertz CT molecular complexity index is 462. The number of methoxy groups -OCH3 is 1. The molecule has 0 saturated carbocycles. The van der Waals surface area contributed by atoms with Gasteiger partial charge in [0.25, 0.3) is 5.91 Å². The first-order chi connectivity index (χ1) is 10.6. The molecule has 3 N–H and O–H groups in total. The van der Waals surface area contributed by atoms with Crippen LogP contribution >= 0.6 is 0 Å². The molecule has 22 heavy (non-hydrogen) atoms. The number of rotatable bonds is 10. The lowest BCUT2D eigenvalue weighted by molar-refractivity contribution is -0.131. The third-order valence-corrected chi connectivity index (χ3v) is 3.88. The number of unbranched alkanes of at least 4 members (excludes halogenated alkanes) is 5. The molecule has 1 atom stereocenters. The zero-order valence-corrected chi connectivity index (χ0v) is 13.5. The topological polar surface area (TPSA) is 78.8 Å². The van der Waals surface area contributed by atoms with Crippen molar-refractivity contribution in [2.24, 2.45) is 0 Å². The number of hydrogen-bond donors (Lipinski definition) is 3. The van der Waals surface area contributed by atoms with Gasteiger partial charge < -0.3 is 9.84 Å². The Hall–Kier alpha value is -1.75. The molecule has 0 aromatic heterocycles. The van der Waals surface area contributed by atoms with Gasteiger partial charge in [0, 0.05) is 0 Å². The van der Waals surface area contributed by atoms with Gasteiger partial charge in [0.15, 0.2) is 11.5 Å². The van der Waals surface area contributed by atoms with E-state index in [0.717, 1.165) is 18.4 Å². The molecule has 0 aliphatic heterocycles. The number of phenols is 1. The van der Waals surface area contributed by atoms with E-state index in [4.69, 9.17) is 9.94 Å². The molecule has 5 heteroatoms. The maximum absolute atomic E-state index is 11.9. The predicted molar refractivity (Wildman–Crippen MR) is 85.3 cm³/mol. The van der Waals surface area contributed by atoms with Gasteiger partial charge in [-0.05, 0) is 24.1 Å². The van der Waals surface area contributed by atoms with Crippen LogP contribution < -0.4 is 10.2 Å². The first-order valence-electron chi connectivity index (χ1n) is 7.94. The molecule has 1 rings (SSSR count). The van der Waals surface area contributed by atoms with E-state index in [2.05, 4.69) is 6.92 Å². The number of hydrogen-bond acceptors (Lipinski definition) is 4. The first kappa shape index (κ1) is 18.3. The lowest BCUT2D eigenvalue weighted by Gasteiger charge is -2.16. The van der Waals surface area contributed by atoms with Crippen molar-refractivity contribution in [3.05, 3.63) is 23.8 Å². The lowest BCUT2D eigenvalue weighted by atomic mass is 9.92. The molecule has 0 bridgehead atoms. The summed E-state index contributed by atoms with van der Waals surface area (Å²) in [6.45, 7) is 2.18. The van der Waals surface area contributed by atoms with E-state index in [9.17, 15) is 9.90 Å². The van der Waals surface area contributed by atoms with E-state index < -0.39 is 11.8 Å². The number of benzene rings is 1. The summed E-state index contributed by atoms with van der Waals surface area (Å²) >= 11 is 0. The number of phenolic OH excluding ortho intramolecular Hbond substituents is 1. The fraction of sp³-hybridized carbons (Fsp3) is 0.588. The zero-order chi connectivity index (χ0) is 16.4. The minimum atomic E-state index is -0.439. The fourth-order valence-corrected chi connectivity index (χ4v) is 2.57. The second-order valence-electron chi connectivity index (χ2n) is 5.52. The first-order valence-corrected chi connectivity index (χ1v) is 7.94. The van der Waals surface area contributed by atoms with Gasteiger partial charge >= 0.3 is 0 Å². The third kappa shape index (κ3) is 5.56. The molecular formula is C17H27NO4. The Morgan fingerprint density at radius 3 is 2.55 bits per heavy atom. The van der Waals surface area contributed by atoms with Crippen LogP contribution in [0.3, 0.4) is 0 Å². The molecule has 1 aromatic rings. The largest absolute Gasteiger partial charge is 0.504 e. The van der Waals surface area contributed by atoms with E-state index in [1.165, 1.54) is 38.9 Å². The van der Waals surface area contributed by atoms with Crippen LogP contribution in [0.1, 0.15) is 63.4 Å². The molecule has 0 aliphatic carbocycles. The summed E-state index contributed by atoms with van der Waals surface area (Å²) in [7, 11) is 1.47. The Labute approximate surface area is 132 Å². The highest BCUT2D eigenvalue weighted by Gasteiger charge is 2.21. The van der Waals surface area contributed by atoms with Crippen molar-refractivity contribution >= 4 is 5.91 Å². The lowest BCUT2D eigenvalue weighted by Crippen LogP contribution is -2.26. The maximum atomic E-state index is 11.9. The monoisotopic (exact) mass is 309 g/mol. The van der Waals surface area contributed by atoms with Gasteiger partial charge in [0.1, 0.15) is 0 Å². The van der Waals surface area contributed by atoms with Crippen molar-refractivity contribution in [3.8, 4) is 11.5 Å². The van der Waals surface area contributed by atoms with Crippen molar-refractivity contribution in [2.45, 2.75) is 57.8 Å². The minimum Gasteiger partial charge on any atom is -0.504 e. The molecule has 0 aliphatic rings. The number of carbonyl (C=O) groups excluding carboxylic acids is 1. The van der Waals surface area contributed by atoms with Gasteiger partial charge in [-0.15, -0.1) is 0 Å². The van der Waals surface area contributed by atoms with E-state index in [1.807, 2.05) is 0 Å². The van der Waals surface area contributed by atoms with Gasteiger partial charge in [0.2, 0.25) is 0 Å². The summed E-state index contributed by atoms with van der Waals surface area (Å²) in [6.07, 6.45) is 7.50. The summed E-state index contributed by atoms with van der Waals surface area (Å²) in [5.41, 5.74) is 2.47. The summed E-state index contributed by atoms with van der Waals surface area (Å²) < 4.78 is 5.07. The average Bonchev–Trinajstić information content (AvgIpc) is 2.54. The number of nitrogens with one attached hydrogen (secondary N) is 1. The molecule has 0 radical (unpaired) electrons. The average molecular weight is 309 g/mol. The summed E-state index contributed by atoms with van der Waals surface area (Å²) in [6, 6.07) is 4.84. The van der Waals surface area contributed by atoms with Crippen molar-refractivity contribution in [1.82, 2.24) is 5.48 Å². The molecule has 1 aromatic carbocycles. The maximum Gasteiger partial charge on any atom is 0.250 e. The van der Waals surface area contributed by atoms with Gasteiger partial charge in [-0.2, -0.15) is 0 Å². The molecule has 0 saturated heterocycles. The second kappa shape index (κ2) is 10.1. The van der Waals surface area contributed by atoms with Crippen molar-refractivity contribution in [1.29, 1.82) is 0 Å². The smallest absolute Gasteiger partial charge is 0.250 e. The fourth-order valence-electron chi connectivity index (χ4n) is 2.57. The van der Waals surface area contributed by atoms with E-state index >= 15 is 0 Å². The number of amides is 1. The number of carbonyl (C=O) groups is 1. The summed E-state index contributed by atoms with van der Waals surface area (Å²) in [5.74, 6) is -0.503. The Kier molecular flexibility index (Phi) is 8.36. The van der Waals surface area contributed by atoms with Crippen molar-refractivity contribution in [2.75, 3.05) is 7.11 Å². The van der Waals surface area contributed by atoms with Gasteiger partial charge in [-0.25, -0.2) is 5.48 Å². The second-order valence-corrected chi connectivity index (χ2v) is 5.52. The molecule has 0 fully saturated rings. The van der Waals surface area contributed by atoms with Crippen LogP contribution in [0.4, 0.5) is 0 Å². The van der Waals surface area contributed by atoms with Crippen molar-refractivity contribution in [3.63, 3.8) is 0 Å². The van der Waals surface area contributed by atoms with Crippen LogP contribution in [0.25, 0.3) is 0 Å². The molecular weight excluding hydrogens is 282 g/mol. The summed E-state index contributed by atoms with van der Waals surface area (Å²) in [5, 5.41) is 18.6. The summed E-state index contributed by atoms with van der Waals surface area (Å²) in [4.78, 5) is 11.9. The quantitative estimate of drug-likeness (QED) is 0.349. The predicted octanol–water partition coefficient (Wildman–Crippen LogP) is 3.74. The Balaban J connectivity index is 2.66. The van der Waals surface area contributed by atoms with Crippen LogP contribution in [0.2, 0.25) is 0 Å². The SMILES string of the molecule is CCCCCCCCC(C(=O)NO)c1ccc(O)c(OC)c1. The Morgan fingerprint density at radius 1 is 1.23 bits per heavy atom. The number of hydroxylamine groups is 1. The molecule has 0 spiro atoms. The van der Waals surface area contributed by atoms with Crippen LogP contribution in [-0.4, -0.2) is 23.3 Å². The molecule has 5 nitrogen and oxygen atoms in total. The molecule has 0 heterocycles. The highest BCUT2D eigenvalue weighted by Crippen LogP contribution is 2.32. The van der Waals surface area contributed by atoms with Gasteiger partial charge in [0.05, 0.1) is 13.0 Å². The standard InChI is InChI=1S/C17H27NO4/c1-3-4-5-6-7-8-9-14(17(20)18-21)13-10-11-15(19)16(12-13)22-2/h10-12,14,19,21H,3-9H2,1-2H3,(H,18,20). The van der Waals surface area contributed by atoms with Crippen molar-refractivity contribution < 1.29 is 19.8 Å². The van der Waals surface area contributed by atoms with E-state index in [-0.39, 0.29) is 5.75 Å². The Morgan fingerprint density at radius 2 is 1.91 bits per heavy atom. The molecule has 1 unspecified atom stereocenters. The van der Waals surface area contributed by atoms with Crippen LogP contribution in [0, 0.1) is 0 Å². The highest BCUT2D eigenvalue weighted by atomic mass is 16.5. The van der Waals surface area contributed by atoms with Crippen LogP contribution in [0.15, 0.2) is 18.2 Å². The van der Waals surface area contributed by atoms with E-state index in [0.29, 0.717) is 12.2 Å². The van der Waals surface area contributed by atoms with Gasteiger partial charge in [-0.1, -0.05) is 51.5 Å². The van der Waals surface area contributed by atoms with E-state index in [1.54, 1.807) is 17.6 Å². The highest BCUT2D eigenvalue weighted by molar-refractivity contribution is 5.82. The zero-order valence-electron chi connectivity index (χ0n) is 13.5. The van der Waals surface area contributed by atoms with Gasteiger partial charge in [-0.3, -0.25) is 10.0 Å². The van der Waals surface area contributed by atoms with Crippen LogP contribution in [0.5, 0.6) is 11.5 Å². The molecule has 124 valence electrons. The van der Waals surface area contributed by atoms with Crippen LogP contribution in [-0.2, 0) is 4.79 Å². The molecule has 1 amide bonds. The minimum absolute atomic E-state index is 0.0361. The third-order valence-electron chi connectivity index (χ3n) is 3.88. The normalized spacial score (nSPS) is 12.0.